The Kier molecular flexibility index (Phi) is 9.07. The zero-order chi connectivity index (χ0) is 34.2. The lowest BCUT2D eigenvalue weighted by atomic mass is 9.72. The fraction of sp³-hybridized carbons (Fsp3) is 0.389. The van der Waals surface area contributed by atoms with Crippen LogP contribution in [0, 0.1) is 34.3 Å². The van der Waals surface area contributed by atoms with Crippen LogP contribution in [0.4, 0.5) is 14.6 Å². The molecule has 2 aliphatic rings. The summed E-state index contributed by atoms with van der Waals surface area (Å²) in [6.07, 6.45) is 6.66. The van der Waals surface area contributed by atoms with E-state index in [1.54, 1.807) is 27.7 Å². The molecule has 250 valence electrons. The third-order valence-corrected chi connectivity index (χ3v) is 9.73. The molecule has 0 bridgehead atoms. The summed E-state index contributed by atoms with van der Waals surface area (Å²) in [5, 5.41) is 10.1. The summed E-state index contributed by atoms with van der Waals surface area (Å²) in [5.41, 5.74) is 7.15. The van der Waals surface area contributed by atoms with Crippen molar-refractivity contribution in [2.45, 2.75) is 45.6 Å². The van der Waals surface area contributed by atoms with E-state index in [2.05, 4.69) is 36.8 Å². The second-order valence-electron chi connectivity index (χ2n) is 13.3. The number of nitrogens with two attached hydrogens (primary N) is 1. The minimum atomic E-state index is -0.837. The molecule has 1 amide bonds. The van der Waals surface area contributed by atoms with Crippen molar-refractivity contribution in [3.8, 4) is 23.3 Å². The Morgan fingerprint density at radius 3 is 2.42 bits per heavy atom. The average Bonchev–Trinajstić information content (AvgIpc) is 3.38. The van der Waals surface area contributed by atoms with E-state index >= 15 is 0 Å². The number of piperidine rings is 2. The number of ether oxygens (including phenoxy) is 1. The number of benzene rings is 2. The van der Waals surface area contributed by atoms with E-state index in [1.807, 2.05) is 6.08 Å². The standard InChI is InChI=1S/C36H39F2N7O3/c1-36(2,24-14-18-42(3)19-15-24)20-23(21-39)34(46)43-17-5-6-26(22-43)44-30-13-16-41-33(40)31(30)45(35(44)47)25-9-11-27(12-10-25)48-32-28(37)7-4-8-29(32)38/h4,7-13,16,20,24,26H,5-6,14-15,17-19,22H2,1-3H3,(H2,40,41)/t26-/m1/s1. The molecule has 2 aromatic carbocycles. The highest BCUT2D eigenvalue weighted by atomic mass is 19.1. The zero-order valence-electron chi connectivity index (χ0n) is 27.3. The molecule has 2 aliphatic heterocycles. The summed E-state index contributed by atoms with van der Waals surface area (Å²) < 4.78 is 36.9. The quantitative estimate of drug-likeness (QED) is 0.197. The highest BCUT2D eigenvalue weighted by Crippen LogP contribution is 2.37. The number of anilines is 1. The largest absolute Gasteiger partial charge is 0.451 e. The van der Waals surface area contributed by atoms with Gasteiger partial charge in [0.1, 0.15) is 28.7 Å². The SMILES string of the molecule is CN1CCC(C(C)(C)C=C(C#N)C(=O)N2CCC[C@@H](n3c(=O)n(-c4ccc(Oc5c(F)cccc5F)cc4)c4c(N)nccc43)C2)CC1. The number of amides is 1. The van der Waals surface area contributed by atoms with Gasteiger partial charge in [-0.15, -0.1) is 0 Å². The van der Waals surface area contributed by atoms with Crippen LogP contribution in [0.25, 0.3) is 16.7 Å². The van der Waals surface area contributed by atoms with Crippen LogP contribution in [0.2, 0.25) is 0 Å². The van der Waals surface area contributed by atoms with E-state index in [1.165, 1.54) is 29.0 Å². The third-order valence-electron chi connectivity index (χ3n) is 9.73. The maximum absolute atomic E-state index is 14.2. The number of imidazole rings is 1. The molecule has 2 aromatic heterocycles. The maximum atomic E-state index is 14.2. The van der Waals surface area contributed by atoms with Crippen molar-refractivity contribution in [1.82, 2.24) is 23.9 Å². The van der Waals surface area contributed by atoms with Crippen LogP contribution in [-0.4, -0.2) is 63.1 Å². The summed E-state index contributed by atoms with van der Waals surface area (Å²) in [7, 11) is 2.11. The predicted molar refractivity (Wildman–Crippen MR) is 179 cm³/mol. The Morgan fingerprint density at radius 2 is 1.75 bits per heavy atom. The number of para-hydroxylation sites is 1. The van der Waals surface area contributed by atoms with Crippen LogP contribution in [0.3, 0.4) is 0 Å². The molecule has 1 atom stereocenters. The van der Waals surface area contributed by atoms with Crippen molar-refractivity contribution < 1.29 is 18.3 Å². The number of hydrogen-bond donors (Lipinski definition) is 1. The lowest BCUT2D eigenvalue weighted by Gasteiger charge is -2.38. The number of fused-ring (bicyclic) bond motifs is 1. The van der Waals surface area contributed by atoms with Gasteiger partial charge in [0, 0.05) is 19.3 Å². The van der Waals surface area contributed by atoms with E-state index in [4.69, 9.17) is 10.5 Å². The van der Waals surface area contributed by atoms with Gasteiger partial charge in [-0.3, -0.25) is 13.9 Å². The van der Waals surface area contributed by atoms with Crippen LogP contribution in [0.15, 0.2) is 71.2 Å². The van der Waals surface area contributed by atoms with Gasteiger partial charge in [0.25, 0.3) is 5.91 Å². The first-order valence-electron chi connectivity index (χ1n) is 16.2. The summed E-state index contributed by atoms with van der Waals surface area (Å²) in [6.45, 7) is 6.88. The van der Waals surface area contributed by atoms with Crippen LogP contribution in [0.1, 0.15) is 45.6 Å². The highest BCUT2D eigenvalue weighted by Gasteiger charge is 2.34. The molecule has 2 saturated heterocycles. The summed E-state index contributed by atoms with van der Waals surface area (Å²) in [6, 6.07) is 13.2. The van der Waals surface area contributed by atoms with Gasteiger partial charge in [0.2, 0.25) is 0 Å². The molecule has 6 rings (SSSR count). The lowest BCUT2D eigenvalue weighted by molar-refractivity contribution is -0.128. The number of halogens is 2. The molecule has 0 radical (unpaired) electrons. The normalized spacial score (nSPS) is 18.2. The smallest absolute Gasteiger partial charge is 0.334 e. The van der Waals surface area contributed by atoms with Crippen molar-refractivity contribution >= 4 is 22.8 Å². The van der Waals surface area contributed by atoms with Crippen LogP contribution in [-0.2, 0) is 4.79 Å². The van der Waals surface area contributed by atoms with Gasteiger partial charge in [-0.1, -0.05) is 26.0 Å². The number of pyridine rings is 1. The second-order valence-corrected chi connectivity index (χ2v) is 13.3. The molecular formula is C36H39F2N7O3. The number of carbonyl (C=O) groups is 1. The zero-order valence-corrected chi connectivity index (χ0v) is 27.3. The number of carbonyl (C=O) groups excluding carboxylic acids is 1. The molecule has 48 heavy (non-hydrogen) atoms. The van der Waals surface area contributed by atoms with Gasteiger partial charge < -0.3 is 20.3 Å². The van der Waals surface area contributed by atoms with Crippen molar-refractivity contribution in [1.29, 1.82) is 5.26 Å². The lowest BCUT2D eigenvalue weighted by Crippen LogP contribution is -2.43. The highest BCUT2D eigenvalue weighted by molar-refractivity contribution is 5.97. The molecule has 4 aromatic rings. The first kappa shape index (κ1) is 32.9. The van der Waals surface area contributed by atoms with Crippen molar-refractivity contribution in [2.75, 3.05) is 39.0 Å². The summed E-state index contributed by atoms with van der Waals surface area (Å²) in [4.78, 5) is 36.2. The Balaban J connectivity index is 1.29. The number of nitriles is 1. The monoisotopic (exact) mass is 655 g/mol. The van der Waals surface area contributed by atoms with Crippen molar-refractivity contribution in [3.63, 3.8) is 0 Å². The number of nitrogens with zero attached hydrogens (tertiary/aromatic N) is 6. The molecule has 0 spiro atoms. The number of likely N-dealkylation sites (tertiary alicyclic amines) is 2. The Morgan fingerprint density at radius 1 is 1.06 bits per heavy atom. The summed E-state index contributed by atoms with van der Waals surface area (Å²) in [5.74, 6) is -1.85. The molecular weight excluding hydrogens is 616 g/mol. The molecule has 2 N–H and O–H groups in total. The molecule has 2 fully saturated rings. The average molecular weight is 656 g/mol. The molecule has 12 heteroatoms. The third kappa shape index (κ3) is 6.30. The van der Waals surface area contributed by atoms with Crippen LogP contribution >= 0.6 is 0 Å². The first-order chi connectivity index (χ1) is 23.0. The molecule has 0 unspecified atom stereocenters. The molecule has 4 heterocycles. The second kappa shape index (κ2) is 13.2. The van der Waals surface area contributed by atoms with Gasteiger partial charge >= 0.3 is 5.69 Å². The minimum Gasteiger partial charge on any atom is -0.451 e. The summed E-state index contributed by atoms with van der Waals surface area (Å²) >= 11 is 0. The van der Waals surface area contributed by atoms with Crippen molar-refractivity contribution in [3.05, 3.63) is 88.5 Å². The molecule has 0 saturated carbocycles. The number of hydrogen-bond acceptors (Lipinski definition) is 7. The molecule has 10 nitrogen and oxygen atoms in total. The number of allylic oxidation sites excluding steroid dienone is 1. The van der Waals surface area contributed by atoms with Gasteiger partial charge in [-0.2, -0.15) is 5.26 Å². The Bertz CT molecular complexity index is 1950. The van der Waals surface area contributed by atoms with E-state index in [0.29, 0.717) is 42.0 Å². The number of nitrogen functional groups attached to an aromatic ring is 1. The van der Waals surface area contributed by atoms with Gasteiger partial charge in [-0.25, -0.2) is 18.6 Å². The van der Waals surface area contributed by atoms with E-state index in [-0.39, 0.29) is 46.7 Å². The molecule has 0 aliphatic carbocycles. The predicted octanol–water partition coefficient (Wildman–Crippen LogP) is 5.82. The first-order valence-corrected chi connectivity index (χ1v) is 16.2. The number of rotatable bonds is 7. The fourth-order valence-corrected chi connectivity index (χ4v) is 7.05. The van der Waals surface area contributed by atoms with Crippen molar-refractivity contribution in [2.24, 2.45) is 11.3 Å². The van der Waals surface area contributed by atoms with E-state index in [9.17, 15) is 23.6 Å². The maximum Gasteiger partial charge on any atom is 0.334 e. The van der Waals surface area contributed by atoms with E-state index in [0.717, 1.165) is 38.1 Å². The van der Waals surface area contributed by atoms with E-state index < -0.39 is 17.4 Å². The van der Waals surface area contributed by atoms with Gasteiger partial charge in [0.05, 0.1) is 17.2 Å². The topological polar surface area (TPSA) is 122 Å². The Labute approximate surface area is 277 Å². The van der Waals surface area contributed by atoms with Crippen LogP contribution in [0.5, 0.6) is 11.5 Å². The van der Waals surface area contributed by atoms with Gasteiger partial charge in [-0.05, 0) is 99.6 Å². The van der Waals surface area contributed by atoms with Gasteiger partial charge in [0.15, 0.2) is 17.4 Å². The minimum absolute atomic E-state index is 0.125. The van der Waals surface area contributed by atoms with Crippen LogP contribution < -0.4 is 16.2 Å². The Hall–Kier alpha value is -5.02. The fourth-order valence-electron chi connectivity index (χ4n) is 7.05. The number of aromatic nitrogens is 3.